The van der Waals surface area contributed by atoms with Crippen molar-refractivity contribution < 1.29 is 8.42 Å². The van der Waals surface area contributed by atoms with Gasteiger partial charge in [0.1, 0.15) is 0 Å². The molecule has 0 saturated carbocycles. The topological polar surface area (TPSA) is 100 Å². The SMILES string of the molecule is O=S(=O)(Nc1cc(-c2ccc3nncc(N4CCNCC4)c3c2)cnc1Cl)c1ccccc1. The Kier molecular flexibility index (Phi) is 5.84. The number of piperazine rings is 1. The Bertz CT molecular complexity index is 1410. The summed E-state index contributed by atoms with van der Waals surface area (Å²) < 4.78 is 28.1. The van der Waals surface area contributed by atoms with Crippen molar-refractivity contribution in [3.63, 3.8) is 0 Å². The molecular weight excluding hydrogens is 460 g/mol. The second-order valence-corrected chi connectivity index (χ2v) is 9.72. The number of nitrogens with zero attached hydrogens (tertiary/aromatic N) is 4. The zero-order valence-electron chi connectivity index (χ0n) is 17.6. The monoisotopic (exact) mass is 480 g/mol. The van der Waals surface area contributed by atoms with Crippen LogP contribution in [0.2, 0.25) is 5.15 Å². The maximum atomic E-state index is 12.8. The minimum Gasteiger partial charge on any atom is -0.367 e. The van der Waals surface area contributed by atoms with Crippen LogP contribution in [0.15, 0.2) is 71.9 Å². The van der Waals surface area contributed by atoms with Gasteiger partial charge in [0.25, 0.3) is 10.0 Å². The third-order valence-corrected chi connectivity index (χ3v) is 7.23. The van der Waals surface area contributed by atoms with Crippen molar-refractivity contribution in [1.82, 2.24) is 20.5 Å². The highest BCUT2D eigenvalue weighted by atomic mass is 35.5. The van der Waals surface area contributed by atoms with Gasteiger partial charge >= 0.3 is 0 Å². The molecule has 10 heteroatoms. The summed E-state index contributed by atoms with van der Waals surface area (Å²) in [6.07, 6.45) is 3.42. The summed E-state index contributed by atoms with van der Waals surface area (Å²) in [5, 5.41) is 12.8. The molecule has 1 saturated heterocycles. The number of hydrogen-bond acceptors (Lipinski definition) is 7. The van der Waals surface area contributed by atoms with Gasteiger partial charge < -0.3 is 10.2 Å². The van der Waals surface area contributed by atoms with E-state index in [1.165, 1.54) is 12.1 Å². The minimum absolute atomic E-state index is 0.0754. The number of nitrogens with one attached hydrogen (secondary N) is 2. The van der Waals surface area contributed by atoms with Crippen LogP contribution in [0, 0.1) is 0 Å². The molecule has 0 amide bonds. The largest absolute Gasteiger partial charge is 0.367 e. The van der Waals surface area contributed by atoms with E-state index in [0.717, 1.165) is 53.9 Å². The smallest absolute Gasteiger partial charge is 0.261 e. The third-order valence-electron chi connectivity index (χ3n) is 5.55. The molecule has 0 unspecified atom stereocenters. The Morgan fingerprint density at radius 2 is 1.76 bits per heavy atom. The molecule has 33 heavy (non-hydrogen) atoms. The average Bonchev–Trinajstić information content (AvgIpc) is 2.85. The zero-order chi connectivity index (χ0) is 22.8. The molecule has 4 aromatic rings. The van der Waals surface area contributed by atoms with Gasteiger partial charge in [-0.15, -0.1) is 0 Å². The maximum absolute atomic E-state index is 12.8. The summed E-state index contributed by atoms with van der Waals surface area (Å²) in [4.78, 5) is 6.66. The van der Waals surface area contributed by atoms with Crippen LogP contribution in [0.3, 0.4) is 0 Å². The van der Waals surface area contributed by atoms with Gasteiger partial charge in [-0.2, -0.15) is 10.2 Å². The average molecular weight is 481 g/mol. The summed E-state index contributed by atoms with van der Waals surface area (Å²) in [5.74, 6) is 0. The lowest BCUT2D eigenvalue weighted by atomic mass is 10.0. The van der Waals surface area contributed by atoms with Crippen LogP contribution in [0.5, 0.6) is 0 Å². The fourth-order valence-electron chi connectivity index (χ4n) is 3.86. The second-order valence-electron chi connectivity index (χ2n) is 7.68. The number of pyridine rings is 1. The summed E-state index contributed by atoms with van der Waals surface area (Å²) in [6, 6.07) is 15.7. The van der Waals surface area contributed by atoms with Gasteiger partial charge in [0, 0.05) is 43.3 Å². The van der Waals surface area contributed by atoms with Crippen molar-refractivity contribution in [3.05, 3.63) is 72.1 Å². The van der Waals surface area contributed by atoms with E-state index in [1.807, 2.05) is 18.2 Å². The highest BCUT2D eigenvalue weighted by Crippen LogP contribution is 2.32. The van der Waals surface area contributed by atoms with Crippen LogP contribution < -0.4 is 14.9 Å². The van der Waals surface area contributed by atoms with Gasteiger partial charge in [-0.05, 0) is 35.9 Å². The second kappa shape index (κ2) is 8.93. The molecule has 0 bridgehead atoms. The Hall–Kier alpha value is -3.27. The lowest BCUT2D eigenvalue weighted by Crippen LogP contribution is -2.43. The molecule has 0 spiro atoms. The van der Waals surface area contributed by atoms with Crippen LogP contribution in [0.4, 0.5) is 11.4 Å². The number of rotatable bonds is 5. The number of hydrogen-bond donors (Lipinski definition) is 2. The van der Waals surface area contributed by atoms with Crippen molar-refractivity contribution in [2.75, 3.05) is 35.8 Å². The van der Waals surface area contributed by atoms with Gasteiger partial charge in [-0.3, -0.25) is 4.72 Å². The molecule has 0 atom stereocenters. The van der Waals surface area contributed by atoms with Gasteiger partial charge in [-0.25, -0.2) is 13.4 Å². The molecule has 2 aromatic heterocycles. The Labute approximate surface area is 196 Å². The molecule has 2 aromatic carbocycles. The Morgan fingerprint density at radius 3 is 2.55 bits per heavy atom. The first kappa shape index (κ1) is 21.6. The van der Waals surface area contributed by atoms with Crippen molar-refractivity contribution >= 4 is 43.9 Å². The Balaban J connectivity index is 1.52. The molecule has 0 radical (unpaired) electrons. The highest BCUT2D eigenvalue weighted by molar-refractivity contribution is 7.92. The molecule has 8 nitrogen and oxygen atoms in total. The van der Waals surface area contributed by atoms with Gasteiger partial charge in [0.2, 0.25) is 0 Å². The summed E-state index contributed by atoms with van der Waals surface area (Å²) >= 11 is 6.23. The van der Waals surface area contributed by atoms with E-state index in [1.54, 1.807) is 36.7 Å². The van der Waals surface area contributed by atoms with E-state index in [0.29, 0.717) is 0 Å². The number of anilines is 2. The molecule has 168 valence electrons. The third kappa shape index (κ3) is 4.47. The predicted molar refractivity (Wildman–Crippen MR) is 130 cm³/mol. The normalized spacial score (nSPS) is 14.4. The maximum Gasteiger partial charge on any atom is 0.261 e. The molecule has 1 aliphatic heterocycles. The van der Waals surface area contributed by atoms with Crippen LogP contribution in [0.25, 0.3) is 22.0 Å². The standard InChI is InChI=1S/C23H21ClN6O2S/c24-23-21(29-33(31,32)18-4-2-1-3-5-18)13-17(14-26-23)16-6-7-20-19(12-16)22(15-27-28-20)30-10-8-25-9-11-30/h1-7,12-15,25,29H,8-11H2. The fourth-order valence-corrected chi connectivity index (χ4v) is 5.15. The van der Waals surface area contributed by atoms with Crippen molar-refractivity contribution in [2.24, 2.45) is 0 Å². The number of aromatic nitrogens is 3. The van der Waals surface area contributed by atoms with Crippen LogP contribution >= 0.6 is 11.6 Å². The van der Waals surface area contributed by atoms with E-state index in [-0.39, 0.29) is 15.7 Å². The number of benzene rings is 2. The fraction of sp³-hybridized carbons (Fsp3) is 0.174. The first-order chi connectivity index (χ1) is 16.0. The lowest BCUT2D eigenvalue weighted by Gasteiger charge is -2.29. The van der Waals surface area contributed by atoms with Crippen LogP contribution in [0.1, 0.15) is 0 Å². The van der Waals surface area contributed by atoms with Gasteiger partial charge in [0.05, 0.1) is 28.0 Å². The minimum atomic E-state index is -3.80. The van der Waals surface area contributed by atoms with Crippen LogP contribution in [-0.4, -0.2) is 49.8 Å². The van der Waals surface area contributed by atoms with E-state index in [4.69, 9.17) is 11.6 Å². The number of fused-ring (bicyclic) bond motifs is 1. The predicted octanol–water partition coefficient (Wildman–Crippen LogP) is 3.56. The van der Waals surface area contributed by atoms with Crippen molar-refractivity contribution in [3.8, 4) is 11.1 Å². The van der Waals surface area contributed by atoms with E-state index in [9.17, 15) is 8.42 Å². The van der Waals surface area contributed by atoms with Gasteiger partial charge in [0.15, 0.2) is 5.15 Å². The van der Waals surface area contributed by atoms with Crippen molar-refractivity contribution in [2.45, 2.75) is 4.90 Å². The van der Waals surface area contributed by atoms with E-state index < -0.39 is 10.0 Å². The van der Waals surface area contributed by atoms with Crippen molar-refractivity contribution in [1.29, 1.82) is 0 Å². The molecule has 0 aliphatic carbocycles. The number of sulfonamides is 1. The van der Waals surface area contributed by atoms with E-state index in [2.05, 4.69) is 30.1 Å². The molecule has 1 aliphatic rings. The summed E-state index contributed by atoms with van der Waals surface area (Å²) in [7, 11) is -3.80. The Morgan fingerprint density at radius 1 is 0.970 bits per heavy atom. The van der Waals surface area contributed by atoms with Gasteiger partial charge in [-0.1, -0.05) is 35.9 Å². The van der Waals surface area contributed by atoms with E-state index >= 15 is 0 Å². The lowest BCUT2D eigenvalue weighted by molar-refractivity contribution is 0.589. The molecular formula is C23H21ClN6O2S. The highest BCUT2D eigenvalue weighted by Gasteiger charge is 2.18. The quantitative estimate of drug-likeness (QED) is 0.421. The number of halogens is 1. The molecule has 3 heterocycles. The summed E-state index contributed by atoms with van der Waals surface area (Å²) in [6.45, 7) is 3.60. The molecule has 1 fully saturated rings. The van der Waals surface area contributed by atoms with Crippen LogP contribution in [-0.2, 0) is 10.0 Å². The zero-order valence-corrected chi connectivity index (χ0v) is 19.1. The first-order valence-electron chi connectivity index (χ1n) is 10.5. The summed E-state index contributed by atoms with van der Waals surface area (Å²) in [5.41, 5.74) is 3.64. The molecule has 2 N–H and O–H groups in total. The molecule has 5 rings (SSSR count). The first-order valence-corrected chi connectivity index (χ1v) is 12.3.